The molecule has 0 aliphatic heterocycles. The largest absolute Gasteiger partial charge is 0.453 e. The highest BCUT2D eigenvalue weighted by Crippen LogP contribution is 2.30. The summed E-state index contributed by atoms with van der Waals surface area (Å²) in [7, 11) is 1.15. The summed E-state index contributed by atoms with van der Waals surface area (Å²) in [5.41, 5.74) is 0.502. The second kappa shape index (κ2) is 12.6. The van der Waals surface area contributed by atoms with Crippen molar-refractivity contribution in [3.8, 4) is 11.3 Å². The number of hydrogen-bond donors (Lipinski definition) is 2. The van der Waals surface area contributed by atoms with E-state index in [1.54, 1.807) is 38.1 Å². The first-order valence-corrected chi connectivity index (χ1v) is 13.3. The molecule has 0 spiro atoms. The summed E-state index contributed by atoms with van der Waals surface area (Å²) >= 11 is 0. The smallest absolute Gasteiger partial charge is 0.412 e. The number of rotatable bonds is 10. The highest BCUT2D eigenvalue weighted by Gasteiger charge is 2.34. The number of ether oxygens (including phenoxy) is 1. The molecule has 0 unspecified atom stereocenters. The Hall–Kier alpha value is -5.13. The molecule has 0 bridgehead atoms. The standard InChI is InChI=1S/C30H32N6O6/c1-18(2)23(24(38)26-34-35-28(42-26)30(3,4)20-14-10-7-11-15-20)32-22(37)17-36-21(19-12-8-6-9-13-19)16-31-25(27(36)39)33-29(40)41-5/h6-16,18,23H,17H2,1-5H3,(H,32,37)(H,31,33,40)/t23-/m0/s1. The average molecular weight is 573 g/mol. The van der Waals surface area contributed by atoms with E-state index in [2.05, 4.69) is 30.6 Å². The van der Waals surface area contributed by atoms with E-state index >= 15 is 0 Å². The minimum absolute atomic E-state index is 0.233. The molecule has 2 heterocycles. The number of benzene rings is 2. The maximum absolute atomic E-state index is 13.5. The highest BCUT2D eigenvalue weighted by atomic mass is 16.5. The Morgan fingerprint density at radius 1 is 1.00 bits per heavy atom. The molecule has 12 heteroatoms. The topological polar surface area (TPSA) is 158 Å². The van der Waals surface area contributed by atoms with E-state index in [4.69, 9.17) is 4.42 Å². The minimum Gasteiger partial charge on any atom is -0.453 e. The SMILES string of the molecule is COC(=O)Nc1ncc(-c2ccccc2)n(CC(=O)N[C@H](C(=O)c2nnc(C(C)(C)c3ccccc3)o2)C(C)C)c1=O. The van der Waals surface area contributed by atoms with Crippen LogP contribution in [0.15, 0.2) is 76.1 Å². The van der Waals surface area contributed by atoms with Gasteiger partial charge in [-0.1, -0.05) is 74.5 Å². The van der Waals surface area contributed by atoms with Crippen LogP contribution in [-0.2, 0) is 21.5 Å². The fourth-order valence-corrected chi connectivity index (χ4v) is 4.30. The van der Waals surface area contributed by atoms with Gasteiger partial charge in [0.05, 0.1) is 30.5 Å². The number of carbonyl (C=O) groups is 3. The van der Waals surface area contributed by atoms with Gasteiger partial charge in [-0.05, 0) is 30.9 Å². The van der Waals surface area contributed by atoms with E-state index in [9.17, 15) is 19.2 Å². The molecule has 2 aromatic heterocycles. The number of hydrogen-bond acceptors (Lipinski definition) is 9. The third-order valence-electron chi connectivity index (χ3n) is 6.76. The van der Waals surface area contributed by atoms with Gasteiger partial charge in [-0.2, -0.15) is 0 Å². The molecule has 0 aliphatic rings. The van der Waals surface area contributed by atoms with Crippen LogP contribution in [0.2, 0.25) is 0 Å². The molecule has 218 valence electrons. The zero-order valence-corrected chi connectivity index (χ0v) is 24.0. The maximum atomic E-state index is 13.5. The van der Waals surface area contributed by atoms with Crippen molar-refractivity contribution in [2.75, 3.05) is 12.4 Å². The Bertz CT molecular complexity index is 1630. The van der Waals surface area contributed by atoms with Crippen molar-refractivity contribution in [2.24, 2.45) is 5.92 Å². The van der Waals surface area contributed by atoms with E-state index in [-0.39, 0.29) is 23.5 Å². The lowest BCUT2D eigenvalue weighted by atomic mass is 9.85. The minimum atomic E-state index is -1.02. The molecular weight excluding hydrogens is 540 g/mol. The second-order valence-electron chi connectivity index (χ2n) is 10.4. The van der Waals surface area contributed by atoms with Gasteiger partial charge in [0.15, 0.2) is 0 Å². The molecule has 0 radical (unpaired) electrons. The number of nitrogens with zero attached hydrogens (tertiary/aromatic N) is 4. The molecule has 2 aromatic carbocycles. The van der Waals surface area contributed by atoms with Crippen molar-refractivity contribution in [3.63, 3.8) is 0 Å². The number of nitrogens with one attached hydrogen (secondary N) is 2. The molecule has 4 rings (SSSR count). The van der Waals surface area contributed by atoms with Gasteiger partial charge >= 0.3 is 6.09 Å². The maximum Gasteiger partial charge on any atom is 0.412 e. The van der Waals surface area contributed by atoms with Crippen LogP contribution in [0.3, 0.4) is 0 Å². The first kappa shape index (κ1) is 29.8. The van der Waals surface area contributed by atoms with E-state index in [1.807, 2.05) is 50.2 Å². The summed E-state index contributed by atoms with van der Waals surface area (Å²) in [5, 5.41) is 13.1. The van der Waals surface area contributed by atoms with Gasteiger partial charge in [-0.15, -0.1) is 10.2 Å². The van der Waals surface area contributed by atoms with Gasteiger partial charge < -0.3 is 14.5 Å². The van der Waals surface area contributed by atoms with E-state index in [0.29, 0.717) is 11.3 Å². The Labute approximate surface area is 242 Å². The number of aromatic nitrogens is 4. The van der Waals surface area contributed by atoms with Gasteiger partial charge in [0.2, 0.25) is 23.4 Å². The van der Waals surface area contributed by atoms with Gasteiger partial charge in [-0.25, -0.2) is 9.78 Å². The van der Waals surface area contributed by atoms with Gasteiger partial charge in [0.25, 0.3) is 11.4 Å². The number of methoxy groups -OCH3 is 1. The zero-order chi connectivity index (χ0) is 30.4. The Morgan fingerprint density at radius 3 is 2.26 bits per heavy atom. The van der Waals surface area contributed by atoms with Crippen LogP contribution in [0.1, 0.15) is 49.8 Å². The van der Waals surface area contributed by atoms with Crippen molar-refractivity contribution in [2.45, 2.75) is 45.7 Å². The fraction of sp³-hybridized carbons (Fsp3) is 0.300. The monoisotopic (exact) mass is 572 g/mol. The number of amides is 2. The van der Waals surface area contributed by atoms with E-state index in [1.165, 1.54) is 6.20 Å². The summed E-state index contributed by atoms with van der Waals surface area (Å²) in [6, 6.07) is 17.4. The van der Waals surface area contributed by atoms with Crippen molar-refractivity contribution in [1.82, 2.24) is 25.1 Å². The normalized spacial score (nSPS) is 12.0. The lowest BCUT2D eigenvalue weighted by molar-refractivity contribution is -0.122. The molecule has 12 nitrogen and oxygen atoms in total. The van der Waals surface area contributed by atoms with E-state index < -0.39 is 41.3 Å². The summed E-state index contributed by atoms with van der Waals surface area (Å²) in [6.45, 7) is 6.88. The first-order chi connectivity index (χ1) is 20.0. The van der Waals surface area contributed by atoms with Crippen LogP contribution in [0, 0.1) is 5.92 Å². The summed E-state index contributed by atoms with van der Waals surface area (Å²) in [4.78, 5) is 55.9. The zero-order valence-electron chi connectivity index (χ0n) is 24.0. The number of Topliss-reactive ketones (excluding diaryl/α,β-unsaturated/α-hetero) is 1. The molecule has 1 atom stereocenters. The van der Waals surface area contributed by atoms with Gasteiger partial charge in [-0.3, -0.25) is 24.3 Å². The molecule has 0 saturated carbocycles. The fourth-order valence-electron chi connectivity index (χ4n) is 4.30. The first-order valence-electron chi connectivity index (χ1n) is 13.3. The second-order valence-corrected chi connectivity index (χ2v) is 10.4. The Kier molecular flexibility index (Phi) is 8.94. The quantitative estimate of drug-likeness (QED) is 0.269. The van der Waals surface area contributed by atoms with E-state index in [0.717, 1.165) is 17.2 Å². The molecule has 2 amide bonds. The molecule has 2 N–H and O–H groups in total. The van der Waals surface area contributed by atoms with Crippen molar-refractivity contribution < 1.29 is 23.5 Å². The Balaban J connectivity index is 1.60. The lowest BCUT2D eigenvalue weighted by Crippen LogP contribution is -2.46. The number of ketones is 1. The summed E-state index contributed by atoms with van der Waals surface area (Å²) < 4.78 is 11.5. The van der Waals surface area contributed by atoms with Crippen molar-refractivity contribution in [1.29, 1.82) is 0 Å². The predicted octanol–water partition coefficient (Wildman–Crippen LogP) is 3.82. The van der Waals surface area contributed by atoms with Crippen molar-refractivity contribution >= 4 is 23.6 Å². The van der Waals surface area contributed by atoms with Crippen LogP contribution in [0.25, 0.3) is 11.3 Å². The third-order valence-corrected chi connectivity index (χ3v) is 6.76. The van der Waals surface area contributed by atoms with Crippen LogP contribution in [0.5, 0.6) is 0 Å². The molecule has 0 saturated heterocycles. The molecule has 42 heavy (non-hydrogen) atoms. The van der Waals surface area contributed by atoms with Crippen LogP contribution in [-0.4, -0.2) is 50.7 Å². The molecule has 0 aliphatic carbocycles. The lowest BCUT2D eigenvalue weighted by Gasteiger charge is -2.21. The molecular formula is C30H32N6O6. The van der Waals surface area contributed by atoms with Crippen LogP contribution >= 0.6 is 0 Å². The molecule has 0 fully saturated rings. The summed E-state index contributed by atoms with van der Waals surface area (Å²) in [5.74, 6) is -1.82. The van der Waals surface area contributed by atoms with Crippen LogP contribution in [0.4, 0.5) is 10.6 Å². The van der Waals surface area contributed by atoms with Crippen LogP contribution < -0.4 is 16.2 Å². The Morgan fingerprint density at radius 2 is 1.64 bits per heavy atom. The molecule has 4 aromatic rings. The van der Waals surface area contributed by atoms with Gasteiger partial charge in [0.1, 0.15) is 6.54 Å². The highest BCUT2D eigenvalue weighted by molar-refractivity contribution is 5.98. The predicted molar refractivity (Wildman–Crippen MR) is 154 cm³/mol. The van der Waals surface area contributed by atoms with Crippen molar-refractivity contribution in [3.05, 3.63) is 94.6 Å². The third kappa shape index (κ3) is 6.43. The van der Waals surface area contributed by atoms with Gasteiger partial charge in [0, 0.05) is 0 Å². The number of carbonyl (C=O) groups excluding carboxylic acids is 3. The summed E-state index contributed by atoms with van der Waals surface area (Å²) in [6.07, 6.45) is 0.484. The average Bonchev–Trinajstić information content (AvgIpc) is 3.50. The number of anilines is 1.